The quantitative estimate of drug-likeness (QED) is 0.510. The number of carbonyl (C=O) groups is 3. The van der Waals surface area contributed by atoms with Crippen LogP contribution in [-0.4, -0.2) is 40.8 Å². The van der Waals surface area contributed by atoms with Crippen molar-refractivity contribution < 1.29 is 24.6 Å². The molecule has 118 valence electrons. The van der Waals surface area contributed by atoms with Crippen molar-refractivity contribution in [1.82, 2.24) is 10.6 Å². The van der Waals surface area contributed by atoms with Crippen molar-refractivity contribution in [3.8, 4) is 0 Å². The molecule has 2 amide bonds. The lowest BCUT2D eigenvalue weighted by atomic mass is 10.0. The van der Waals surface area contributed by atoms with E-state index in [-0.39, 0.29) is 24.7 Å². The zero-order chi connectivity index (χ0) is 15.5. The highest BCUT2D eigenvalue weighted by Gasteiger charge is 2.53. The van der Waals surface area contributed by atoms with E-state index < -0.39 is 24.0 Å². The van der Waals surface area contributed by atoms with Gasteiger partial charge in [-0.25, -0.2) is 9.59 Å². The van der Waals surface area contributed by atoms with Crippen LogP contribution in [0.5, 0.6) is 0 Å². The molecule has 0 heterocycles. The predicted octanol–water partition coefficient (Wildman–Crippen LogP) is 1.18. The van der Waals surface area contributed by atoms with Crippen molar-refractivity contribution in [3.63, 3.8) is 0 Å². The molecule has 2 fully saturated rings. The SMILES string of the molecule is O=C(O)CCC[C@@H](NC(=O)NCC1(C2CC2)CC1)C(=O)O. The molecule has 0 spiro atoms. The van der Waals surface area contributed by atoms with E-state index >= 15 is 0 Å². The van der Waals surface area contributed by atoms with E-state index in [9.17, 15) is 14.4 Å². The Morgan fingerprint density at radius 2 is 1.86 bits per heavy atom. The number of nitrogens with one attached hydrogen (secondary N) is 2. The summed E-state index contributed by atoms with van der Waals surface area (Å²) in [5.41, 5.74) is 0.263. The first-order valence-electron chi connectivity index (χ1n) is 7.42. The number of carboxylic acid groups (broad SMARTS) is 2. The smallest absolute Gasteiger partial charge is 0.326 e. The van der Waals surface area contributed by atoms with E-state index in [1.165, 1.54) is 12.8 Å². The monoisotopic (exact) mass is 298 g/mol. The lowest BCUT2D eigenvalue weighted by Gasteiger charge is -2.18. The average Bonchev–Trinajstić information content (AvgIpc) is 3.26. The number of carbonyl (C=O) groups excluding carboxylic acids is 1. The molecular formula is C14H22N2O5. The summed E-state index contributed by atoms with van der Waals surface area (Å²) in [5, 5.41) is 22.7. The first-order valence-corrected chi connectivity index (χ1v) is 7.42. The van der Waals surface area contributed by atoms with E-state index in [0.717, 1.165) is 18.8 Å². The molecule has 0 radical (unpaired) electrons. The molecule has 4 N–H and O–H groups in total. The molecule has 0 aromatic carbocycles. The third-order valence-electron chi connectivity index (χ3n) is 4.42. The second kappa shape index (κ2) is 6.32. The Bertz CT molecular complexity index is 429. The average molecular weight is 298 g/mol. The van der Waals surface area contributed by atoms with Crippen molar-refractivity contribution in [3.05, 3.63) is 0 Å². The van der Waals surface area contributed by atoms with E-state index in [2.05, 4.69) is 10.6 Å². The summed E-state index contributed by atoms with van der Waals surface area (Å²) in [6.45, 7) is 0.602. The highest BCUT2D eigenvalue weighted by atomic mass is 16.4. The number of aliphatic carboxylic acids is 2. The first-order chi connectivity index (χ1) is 9.93. The number of rotatable bonds is 9. The van der Waals surface area contributed by atoms with Gasteiger partial charge in [-0.15, -0.1) is 0 Å². The third-order valence-corrected chi connectivity index (χ3v) is 4.42. The molecule has 7 nitrogen and oxygen atoms in total. The molecule has 2 saturated carbocycles. The lowest BCUT2D eigenvalue weighted by Crippen LogP contribution is -2.47. The van der Waals surface area contributed by atoms with Gasteiger partial charge in [0, 0.05) is 13.0 Å². The lowest BCUT2D eigenvalue weighted by molar-refractivity contribution is -0.140. The maximum absolute atomic E-state index is 11.8. The summed E-state index contributed by atoms with van der Waals surface area (Å²) < 4.78 is 0. The van der Waals surface area contributed by atoms with Crippen molar-refractivity contribution in [2.45, 2.75) is 51.0 Å². The molecule has 21 heavy (non-hydrogen) atoms. The van der Waals surface area contributed by atoms with Gasteiger partial charge in [0.1, 0.15) is 6.04 Å². The number of amides is 2. The second-order valence-corrected chi connectivity index (χ2v) is 6.14. The van der Waals surface area contributed by atoms with Gasteiger partial charge in [-0.3, -0.25) is 4.79 Å². The largest absolute Gasteiger partial charge is 0.481 e. The summed E-state index contributed by atoms with van der Waals surface area (Å²) in [6.07, 6.45) is 4.98. The van der Waals surface area contributed by atoms with Gasteiger partial charge in [0.05, 0.1) is 0 Å². The molecular weight excluding hydrogens is 276 g/mol. The minimum absolute atomic E-state index is 0.0993. The molecule has 0 aliphatic heterocycles. The molecule has 2 aliphatic rings. The molecule has 2 rings (SSSR count). The van der Waals surface area contributed by atoms with Gasteiger partial charge < -0.3 is 20.8 Å². The van der Waals surface area contributed by atoms with Crippen molar-refractivity contribution in [1.29, 1.82) is 0 Å². The van der Waals surface area contributed by atoms with Crippen LogP contribution in [0.3, 0.4) is 0 Å². The van der Waals surface area contributed by atoms with Crippen LogP contribution in [0.15, 0.2) is 0 Å². The molecule has 7 heteroatoms. The van der Waals surface area contributed by atoms with E-state index in [0.29, 0.717) is 6.54 Å². The topological polar surface area (TPSA) is 116 Å². The number of hydrogen-bond acceptors (Lipinski definition) is 3. The normalized spacial score (nSPS) is 20.4. The maximum atomic E-state index is 11.8. The Labute approximate surface area is 123 Å². The van der Waals surface area contributed by atoms with Gasteiger partial charge >= 0.3 is 18.0 Å². The summed E-state index contributed by atoms with van der Waals surface area (Å²) in [4.78, 5) is 33.2. The minimum Gasteiger partial charge on any atom is -0.481 e. The van der Waals surface area contributed by atoms with Crippen LogP contribution in [0.25, 0.3) is 0 Å². The van der Waals surface area contributed by atoms with Gasteiger partial charge in [0.15, 0.2) is 0 Å². The molecule has 2 aliphatic carbocycles. The minimum atomic E-state index is -1.14. The van der Waals surface area contributed by atoms with Gasteiger partial charge in [-0.1, -0.05) is 0 Å². The van der Waals surface area contributed by atoms with Crippen molar-refractivity contribution in [2.24, 2.45) is 11.3 Å². The Hall–Kier alpha value is -1.79. The molecule has 0 aromatic heterocycles. The predicted molar refractivity (Wildman–Crippen MR) is 73.8 cm³/mol. The van der Waals surface area contributed by atoms with Gasteiger partial charge in [0.25, 0.3) is 0 Å². The van der Waals surface area contributed by atoms with E-state index in [1.807, 2.05) is 0 Å². The molecule has 0 bridgehead atoms. The van der Waals surface area contributed by atoms with Gasteiger partial charge in [-0.2, -0.15) is 0 Å². The Morgan fingerprint density at radius 3 is 2.33 bits per heavy atom. The van der Waals surface area contributed by atoms with Crippen molar-refractivity contribution >= 4 is 18.0 Å². The third kappa shape index (κ3) is 4.61. The van der Waals surface area contributed by atoms with Gasteiger partial charge in [-0.05, 0) is 49.9 Å². The molecule has 0 aromatic rings. The summed E-state index contributed by atoms with van der Waals surface area (Å²) in [7, 11) is 0. The van der Waals surface area contributed by atoms with Crippen LogP contribution in [0.2, 0.25) is 0 Å². The van der Waals surface area contributed by atoms with E-state index in [1.54, 1.807) is 0 Å². The Kier molecular flexibility index (Phi) is 4.69. The Balaban J connectivity index is 1.70. The highest BCUT2D eigenvalue weighted by molar-refractivity contribution is 5.82. The Morgan fingerprint density at radius 1 is 1.19 bits per heavy atom. The fourth-order valence-electron chi connectivity index (χ4n) is 2.77. The summed E-state index contributed by atoms with van der Waals surface area (Å²) in [5.74, 6) is -1.38. The van der Waals surface area contributed by atoms with Gasteiger partial charge in [0.2, 0.25) is 0 Å². The van der Waals surface area contributed by atoms with Crippen LogP contribution in [0.4, 0.5) is 4.79 Å². The summed E-state index contributed by atoms with van der Waals surface area (Å²) >= 11 is 0. The molecule has 0 unspecified atom stereocenters. The fourth-order valence-corrected chi connectivity index (χ4v) is 2.77. The van der Waals surface area contributed by atoms with Crippen LogP contribution >= 0.6 is 0 Å². The van der Waals surface area contributed by atoms with Crippen LogP contribution in [0, 0.1) is 11.3 Å². The van der Waals surface area contributed by atoms with Crippen LogP contribution < -0.4 is 10.6 Å². The second-order valence-electron chi connectivity index (χ2n) is 6.14. The first kappa shape index (κ1) is 15.6. The van der Waals surface area contributed by atoms with Crippen molar-refractivity contribution in [2.75, 3.05) is 6.54 Å². The van der Waals surface area contributed by atoms with Crippen LogP contribution in [-0.2, 0) is 9.59 Å². The zero-order valence-electron chi connectivity index (χ0n) is 11.9. The number of urea groups is 1. The fraction of sp³-hybridized carbons (Fsp3) is 0.786. The zero-order valence-corrected chi connectivity index (χ0v) is 11.9. The molecule has 1 atom stereocenters. The van der Waals surface area contributed by atoms with E-state index in [4.69, 9.17) is 10.2 Å². The molecule has 0 saturated heterocycles. The standard InChI is InChI=1S/C14H22N2O5/c17-11(18)3-1-2-10(12(19)20)16-13(21)15-8-14(6-7-14)9-4-5-9/h9-10H,1-8H2,(H,17,18)(H,19,20)(H2,15,16,21)/t10-/m1/s1. The maximum Gasteiger partial charge on any atom is 0.326 e. The highest BCUT2D eigenvalue weighted by Crippen LogP contribution is 2.60. The number of carboxylic acids is 2. The number of hydrogen-bond donors (Lipinski definition) is 4. The summed E-state index contributed by atoms with van der Waals surface area (Å²) in [6, 6.07) is -1.52. The van der Waals surface area contributed by atoms with Crippen LogP contribution in [0.1, 0.15) is 44.9 Å².